The summed E-state index contributed by atoms with van der Waals surface area (Å²) < 4.78 is 5.31. The molecule has 28 heavy (non-hydrogen) atoms. The van der Waals surface area contributed by atoms with Gasteiger partial charge in [-0.05, 0) is 44.0 Å². The third-order valence-electron chi connectivity index (χ3n) is 4.24. The number of H-pyrrole nitrogens is 1. The van der Waals surface area contributed by atoms with Crippen LogP contribution in [0.2, 0.25) is 0 Å². The topological polar surface area (TPSA) is 91.1 Å². The van der Waals surface area contributed by atoms with Crippen molar-refractivity contribution in [2.24, 2.45) is 4.99 Å². The lowest BCUT2D eigenvalue weighted by atomic mass is 10.0. The number of hydrogen-bond donors (Lipinski definition) is 3. The van der Waals surface area contributed by atoms with Crippen LogP contribution >= 0.6 is 24.0 Å². The van der Waals surface area contributed by atoms with E-state index in [1.54, 1.807) is 6.26 Å². The van der Waals surface area contributed by atoms with E-state index < -0.39 is 0 Å². The van der Waals surface area contributed by atoms with Crippen molar-refractivity contribution in [3.05, 3.63) is 59.6 Å². The molecule has 0 radical (unpaired) electrons. The number of furan rings is 1. The highest BCUT2D eigenvalue weighted by molar-refractivity contribution is 14.0. The molecule has 2 heterocycles. The minimum atomic E-state index is 0. The summed E-state index contributed by atoms with van der Waals surface area (Å²) in [6.45, 7) is 7.72. The van der Waals surface area contributed by atoms with Crippen LogP contribution in [0.4, 0.5) is 0 Å². The number of aromatic amines is 1. The Balaban J connectivity index is 0.00000280. The minimum absolute atomic E-state index is 0. The molecule has 0 aliphatic rings. The Hall–Kier alpha value is -2.36. The molecule has 3 N–H and O–H groups in total. The van der Waals surface area contributed by atoms with Crippen LogP contribution in [0.5, 0.6) is 0 Å². The zero-order valence-electron chi connectivity index (χ0n) is 16.4. The molecule has 1 unspecified atom stereocenters. The highest BCUT2D eigenvalue weighted by atomic mass is 127. The fourth-order valence-electron chi connectivity index (χ4n) is 2.87. The molecule has 8 heteroatoms. The monoisotopic (exact) mass is 494 g/mol. The van der Waals surface area contributed by atoms with Gasteiger partial charge in [-0.3, -0.25) is 10.1 Å². The molecule has 150 valence electrons. The molecular weight excluding hydrogens is 467 g/mol. The lowest BCUT2D eigenvalue weighted by Crippen LogP contribution is -2.39. The first-order valence-electron chi connectivity index (χ1n) is 9.23. The maximum Gasteiger partial charge on any atom is 0.216 e. The molecule has 2 aromatic heterocycles. The predicted octanol–water partition coefficient (Wildman–Crippen LogP) is 3.85. The molecule has 1 aromatic carbocycles. The molecule has 0 saturated carbocycles. The smallest absolute Gasteiger partial charge is 0.216 e. The van der Waals surface area contributed by atoms with Crippen molar-refractivity contribution in [1.29, 1.82) is 0 Å². The summed E-state index contributed by atoms with van der Waals surface area (Å²) in [4.78, 5) is 9.10. The Morgan fingerprint density at radius 2 is 2.07 bits per heavy atom. The number of guanidine groups is 1. The Kier molecular flexibility index (Phi) is 8.49. The van der Waals surface area contributed by atoms with Gasteiger partial charge >= 0.3 is 0 Å². The maximum absolute atomic E-state index is 5.31. The van der Waals surface area contributed by atoms with Crippen molar-refractivity contribution in [2.75, 3.05) is 13.1 Å². The van der Waals surface area contributed by atoms with E-state index in [2.05, 4.69) is 75.8 Å². The van der Waals surface area contributed by atoms with Gasteiger partial charge < -0.3 is 15.1 Å². The van der Waals surface area contributed by atoms with Crippen LogP contribution in [0.25, 0.3) is 11.6 Å². The van der Waals surface area contributed by atoms with Crippen LogP contribution < -0.4 is 10.6 Å². The molecule has 3 rings (SSSR count). The van der Waals surface area contributed by atoms with Gasteiger partial charge in [0.2, 0.25) is 5.82 Å². The van der Waals surface area contributed by atoms with Gasteiger partial charge in [-0.15, -0.1) is 24.0 Å². The molecule has 0 aliphatic heterocycles. The van der Waals surface area contributed by atoms with Crippen LogP contribution in [0.3, 0.4) is 0 Å². The summed E-state index contributed by atoms with van der Waals surface area (Å²) >= 11 is 0. The Bertz CT molecular complexity index is 874. The summed E-state index contributed by atoms with van der Waals surface area (Å²) in [5.74, 6) is 2.80. The SMILES string of the molecule is CCNC(=NCCc1nc(-c2ccco2)n[nH]1)NC(C)c1ccccc1C.I. The Labute approximate surface area is 182 Å². The van der Waals surface area contributed by atoms with Crippen LogP contribution in [0.1, 0.15) is 36.8 Å². The van der Waals surface area contributed by atoms with Crippen LogP contribution in [-0.4, -0.2) is 34.2 Å². The first-order chi connectivity index (χ1) is 13.2. The van der Waals surface area contributed by atoms with E-state index in [4.69, 9.17) is 4.42 Å². The molecule has 0 spiro atoms. The van der Waals surface area contributed by atoms with Crippen molar-refractivity contribution in [1.82, 2.24) is 25.8 Å². The van der Waals surface area contributed by atoms with Gasteiger partial charge in [-0.2, -0.15) is 5.10 Å². The number of aryl methyl sites for hydroxylation is 1. The molecule has 7 nitrogen and oxygen atoms in total. The molecule has 0 aliphatic carbocycles. The zero-order valence-corrected chi connectivity index (χ0v) is 18.7. The highest BCUT2D eigenvalue weighted by Crippen LogP contribution is 2.16. The Morgan fingerprint density at radius 1 is 1.25 bits per heavy atom. The molecule has 0 saturated heterocycles. The fourth-order valence-corrected chi connectivity index (χ4v) is 2.87. The van der Waals surface area contributed by atoms with Gasteiger partial charge in [-0.25, -0.2) is 4.98 Å². The summed E-state index contributed by atoms with van der Waals surface area (Å²) in [6, 6.07) is 12.2. The number of benzene rings is 1. The fraction of sp³-hybridized carbons (Fsp3) is 0.350. The Morgan fingerprint density at radius 3 is 2.79 bits per heavy atom. The van der Waals surface area contributed by atoms with E-state index in [0.29, 0.717) is 24.6 Å². The summed E-state index contributed by atoms with van der Waals surface area (Å²) in [7, 11) is 0. The van der Waals surface area contributed by atoms with Crippen molar-refractivity contribution in [2.45, 2.75) is 33.2 Å². The van der Waals surface area contributed by atoms with Gasteiger partial charge in [0.05, 0.1) is 12.3 Å². The number of aliphatic imine (C=N–C) groups is 1. The third kappa shape index (κ3) is 5.82. The van der Waals surface area contributed by atoms with Crippen molar-refractivity contribution >= 4 is 29.9 Å². The van der Waals surface area contributed by atoms with Gasteiger partial charge in [-0.1, -0.05) is 24.3 Å². The molecule has 1 atom stereocenters. The van der Waals surface area contributed by atoms with Gasteiger partial charge in [0.25, 0.3) is 0 Å². The normalized spacial score (nSPS) is 12.3. The van der Waals surface area contributed by atoms with Crippen LogP contribution in [0.15, 0.2) is 52.1 Å². The third-order valence-corrected chi connectivity index (χ3v) is 4.24. The minimum Gasteiger partial charge on any atom is -0.461 e. The largest absolute Gasteiger partial charge is 0.461 e. The lowest BCUT2D eigenvalue weighted by Gasteiger charge is -2.19. The lowest BCUT2D eigenvalue weighted by molar-refractivity contribution is 0.577. The van der Waals surface area contributed by atoms with Crippen LogP contribution in [0, 0.1) is 6.92 Å². The number of nitrogens with zero attached hydrogens (tertiary/aromatic N) is 3. The summed E-state index contributed by atoms with van der Waals surface area (Å²) in [6.07, 6.45) is 2.28. The maximum atomic E-state index is 5.31. The molecule has 0 fully saturated rings. The summed E-state index contributed by atoms with van der Waals surface area (Å²) in [5, 5.41) is 13.9. The van der Waals surface area contributed by atoms with Crippen molar-refractivity contribution in [3.8, 4) is 11.6 Å². The number of aromatic nitrogens is 3. The van der Waals surface area contributed by atoms with Crippen LogP contribution in [-0.2, 0) is 6.42 Å². The van der Waals surface area contributed by atoms with Crippen molar-refractivity contribution < 1.29 is 4.42 Å². The quantitative estimate of drug-likeness (QED) is 0.264. The number of halogens is 1. The van der Waals surface area contributed by atoms with Crippen molar-refractivity contribution in [3.63, 3.8) is 0 Å². The average molecular weight is 494 g/mol. The second kappa shape index (κ2) is 10.8. The number of nitrogens with one attached hydrogen (secondary N) is 3. The molecular formula is C20H27IN6O. The second-order valence-electron chi connectivity index (χ2n) is 6.32. The summed E-state index contributed by atoms with van der Waals surface area (Å²) in [5.41, 5.74) is 2.53. The van der Waals surface area contributed by atoms with E-state index in [1.807, 2.05) is 12.1 Å². The standard InChI is InChI=1S/C20H26N6O.HI/c1-4-21-20(23-15(3)16-9-6-5-8-14(16)2)22-12-11-18-24-19(26-25-18)17-10-7-13-27-17;/h5-10,13,15H,4,11-12H2,1-3H3,(H2,21,22,23)(H,24,25,26);1H. The molecule has 0 amide bonds. The first-order valence-corrected chi connectivity index (χ1v) is 9.23. The van der Waals surface area contributed by atoms with E-state index in [-0.39, 0.29) is 30.0 Å². The van der Waals surface area contributed by atoms with Gasteiger partial charge in [0, 0.05) is 19.5 Å². The van der Waals surface area contributed by atoms with Gasteiger partial charge in [0.1, 0.15) is 5.82 Å². The number of hydrogen-bond acceptors (Lipinski definition) is 4. The van der Waals surface area contributed by atoms with E-state index in [1.165, 1.54) is 11.1 Å². The van der Waals surface area contributed by atoms with E-state index in [0.717, 1.165) is 18.3 Å². The average Bonchev–Trinajstić information content (AvgIpc) is 3.34. The predicted molar refractivity (Wildman–Crippen MR) is 122 cm³/mol. The van der Waals surface area contributed by atoms with Gasteiger partial charge in [0.15, 0.2) is 11.7 Å². The second-order valence-corrected chi connectivity index (χ2v) is 6.32. The number of rotatable bonds is 7. The highest BCUT2D eigenvalue weighted by Gasteiger charge is 2.10. The zero-order chi connectivity index (χ0) is 19.1. The van der Waals surface area contributed by atoms with E-state index in [9.17, 15) is 0 Å². The van der Waals surface area contributed by atoms with E-state index >= 15 is 0 Å². The molecule has 0 bridgehead atoms. The first kappa shape index (κ1) is 21.9. The molecule has 3 aromatic rings.